The molecular weight excluding hydrogens is 293 g/mol. The van der Waals surface area contributed by atoms with Crippen LogP contribution in [0.4, 0.5) is 4.39 Å². The van der Waals surface area contributed by atoms with Crippen molar-refractivity contribution in [3.63, 3.8) is 0 Å². The highest BCUT2D eigenvalue weighted by Gasteiger charge is 2.36. The van der Waals surface area contributed by atoms with Gasteiger partial charge in [-0.1, -0.05) is 0 Å². The van der Waals surface area contributed by atoms with Gasteiger partial charge in [-0.15, -0.1) is 0 Å². The second kappa shape index (κ2) is 4.44. The summed E-state index contributed by atoms with van der Waals surface area (Å²) >= 11 is 3.17. The van der Waals surface area contributed by atoms with Crippen molar-refractivity contribution in [3.05, 3.63) is 34.1 Å². The topological polar surface area (TPSA) is 57.6 Å². The fourth-order valence-corrected chi connectivity index (χ4v) is 2.05. The summed E-state index contributed by atoms with van der Waals surface area (Å²) in [7, 11) is 0. The van der Waals surface area contributed by atoms with Gasteiger partial charge in [-0.25, -0.2) is 4.39 Å². The Labute approximate surface area is 105 Å². The van der Waals surface area contributed by atoms with Gasteiger partial charge in [0.1, 0.15) is 5.82 Å². The summed E-state index contributed by atoms with van der Waals surface area (Å²) < 4.78 is 13.5. The Kier molecular flexibility index (Phi) is 3.15. The third-order valence-electron chi connectivity index (χ3n) is 2.68. The normalized spacial score (nSPS) is 15.5. The van der Waals surface area contributed by atoms with E-state index in [-0.39, 0.29) is 24.6 Å². The van der Waals surface area contributed by atoms with Crippen LogP contribution in [0.1, 0.15) is 10.4 Å². The van der Waals surface area contributed by atoms with Crippen molar-refractivity contribution in [2.75, 3.05) is 13.1 Å². The third-order valence-corrected chi connectivity index (χ3v) is 3.37. The molecule has 1 saturated heterocycles. The van der Waals surface area contributed by atoms with Gasteiger partial charge in [-0.2, -0.15) is 0 Å². The molecular formula is C11H9BrFNO3. The maximum absolute atomic E-state index is 13.0. The average molecular weight is 302 g/mol. The molecule has 1 fully saturated rings. The highest BCUT2D eigenvalue weighted by Crippen LogP contribution is 2.24. The zero-order valence-corrected chi connectivity index (χ0v) is 10.3. The SMILES string of the molecule is O=C(O)C1CN(C(=O)c2cc(F)ccc2Br)C1. The lowest BCUT2D eigenvalue weighted by molar-refractivity contribution is -0.146. The van der Waals surface area contributed by atoms with Gasteiger partial charge in [0.25, 0.3) is 5.91 Å². The van der Waals surface area contributed by atoms with Crippen molar-refractivity contribution in [3.8, 4) is 0 Å². The van der Waals surface area contributed by atoms with Gasteiger partial charge in [0, 0.05) is 17.6 Å². The Balaban J connectivity index is 2.11. The van der Waals surface area contributed by atoms with Crippen molar-refractivity contribution < 1.29 is 19.1 Å². The lowest BCUT2D eigenvalue weighted by atomic mass is 9.99. The van der Waals surface area contributed by atoms with Crippen LogP contribution in [0.25, 0.3) is 0 Å². The lowest BCUT2D eigenvalue weighted by Crippen LogP contribution is -2.53. The second-order valence-corrected chi connectivity index (χ2v) is 4.72. The van der Waals surface area contributed by atoms with E-state index in [1.54, 1.807) is 0 Å². The summed E-state index contributed by atoms with van der Waals surface area (Å²) in [5.74, 6) is -2.26. The first kappa shape index (κ1) is 12.0. The summed E-state index contributed by atoms with van der Waals surface area (Å²) in [6.45, 7) is 0.355. The molecule has 6 heteroatoms. The van der Waals surface area contributed by atoms with Crippen molar-refractivity contribution in [1.29, 1.82) is 0 Å². The molecule has 0 saturated carbocycles. The lowest BCUT2D eigenvalue weighted by Gasteiger charge is -2.36. The number of carboxylic acids is 1. The minimum absolute atomic E-state index is 0.178. The van der Waals surface area contributed by atoms with Crippen molar-refractivity contribution in [2.45, 2.75) is 0 Å². The molecule has 1 aromatic rings. The van der Waals surface area contributed by atoms with E-state index in [1.165, 1.54) is 17.0 Å². The van der Waals surface area contributed by atoms with Crippen LogP contribution in [0.15, 0.2) is 22.7 Å². The average Bonchev–Trinajstić information content (AvgIpc) is 2.18. The molecule has 17 heavy (non-hydrogen) atoms. The highest BCUT2D eigenvalue weighted by atomic mass is 79.9. The number of likely N-dealkylation sites (tertiary alicyclic amines) is 1. The molecule has 1 amide bonds. The van der Waals surface area contributed by atoms with Gasteiger partial charge in [0.05, 0.1) is 11.5 Å². The van der Waals surface area contributed by atoms with Crippen molar-refractivity contribution >= 4 is 27.8 Å². The van der Waals surface area contributed by atoms with Gasteiger partial charge in [0.2, 0.25) is 0 Å². The maximum atomic E-state index is 13.0. The molecule has 90 valence electrons. The van der Waals surface area contributed by atoms with E-state index in [0.717, 1.165) is 6.07 Å². The van der Waals surface area contributed by atoms with E-state index in [0.29, 0.717) is 4.47 Å². The molecule has 4 nitrogen and oxygen atoms in total. The monoisotopic (exact) mass is 301 g/mol. The van der Waals surface area contributed by atoms with Crippen LogP contribution >= 0.6 is 15.9 Å². The molecule has 0 aromatic heterocycles. The van der Waals surface area contributed by atoms with Crippen LogP contribution in [0.2, 0.25) is 0 Å². The van der Waals surface area contributed by atoms with Crippen LogP contribution in [-0.2, 0) is 4.79 Å². The van der Waals surface area contributed by atoms with Gasteiger partial charge < -0.3 is 10.0 Å². The third kappa shape index (κ3) is 2.31. The minimum Gasteiger partial charge on any atom is -0.481 e. The molecule has 2 rings (SSSR count). The molecule has 1 aliphatic rings. The fourth-order valence-electron chi connectivity index (χ4n) is 1.63. The number of rotatable bonds is 2. The zero-order valence-electron chi connectivity index (χ0n) is 8.69. The summed E-state index contributed by atoms with van der Waals surface area (Å²) in [5.41, 5.74) is 0.217. The molecule has 1 N–H and O–H groups in total. The maximum Gasteiger partial charge on any atom is 0.310 e. The minimum atomic E-state index is -0.910. The molecule has 0 spiro atoms. The Morgan fingerprint density at radius 2 is 2.06 bits per heavy atom. The van der Waals surface area contributed by atoms with E-state index in [2.05, 4.69) is 15.9 Å². The molecule has 0 radical (unpaired) electrons. The predicted octanol–water partition coefficient (Wildman–Crippen LogP) is 1.74. The number of amides is 1. The van der Waals surface area contributed by atoms with Gasteiger partial charge in [-0.05, 0) is 34.1 Å². The molecule has 1 heterocycles. The number of carbonyl (C=O) groups is 2. The Bertz CT molecular complexity index is 486. The highest BCUT2D eigenvalue weighted by molar-refractivity contribution is 9.10. The van der Waals surface area contributed by atoms with Crippen LogP contribution in [-0.4, -0.2) is 35.0 Å². The summed E-state index contributed by atoms with van der Waals surface area (Å²) in [6, 6.07) is 3.84. The number of benzene rings is 1. The molecule has 0 unspecified atom stereocenters. The first-order chi connectivity index (χ1) is 7.99. The molecule has 0 bridgehead atoms. The first-order valence-electron chi connectivity index (χ1n) is 4.96. The number of carboxylic acid groups (broad SMARTS) is 1. The van der Waals surface area contributed by atoms with Gasteiger partial charge in [0.15, 0.2) is 0 Å². The predicted molar refractivity (Wildman–Crippen MR) is 61.1 cm³/mol. The second-order valence-electron chi connectivity index (χ2n) is 3.87. The van der Waals surface area contributed by atoms with E-state index in [1.807, 2.05) is 0 Å². The number of carbonyl (C=O) groups excluding carboxylic acids is 1. The number of hydrogen-bond acceptors (Lipinski definition) is 2. The number of halogens is 2. The summed E-state index contributed by atoms with van der Waals surface area (Å²) in [4.78, 5) is 23.9. The Morgan fingerprint density at radius 3 is 2.65 bits per heavy atom. The van der Waals surface area contributed by atoms with E-state index >= 15 is 0 Å². The van der Waals surface area contributed by atoms with Gasteiger partial charge >= 0.3 is 5.97 Å². The van der Waals surface area contributed by atoms with Crippen LogP contribution in [0.5, 0.6) is 0 Å². The smallest absolute Gasteiger partial charge is 0.310 e. The van der Waals surface area contributed by atoms with Crippen LogP contribution < -0.4 is 0 Å². The number of aliphatic carboxylic acids is 1. The summed E-state index contributed by atoms with van der Waals surface area (Å²) in [5, 5.41) is 8.69. The number of nitrogens with zero attached hydrogens (tertiary/aromatic N) is 1. The Morgan fingerprint density at radius 1 is 1.41 bits per heavy atom. The molecule has 1 aliphatic heterocycles. The zero-order chi connectivity index (χ0) is 12.6. The van der Waals surface area contributed by atoms with Crippen LogP contribution in [0.3, 0.4) is 0 Å². The standard InChI is InChI=1S/C11H9BrFNO3/c12-9-2-1-7(13)3-8(9)10(15)14-4-6(5-14)11(16)17/h1-3,6H,4-5H2,(H,16,17). The summed E-state index contributed by atoms with van der Waals surface area (Å²) in [6.07, 6.45) is 0. The van der Waals surface area contributed by atoms with Crippen LogP contribution in [0, 0.1) is 11.7 Å². The van der Waals surface area contributed by atoms with E-state index in [4.69, 9.17) is 5.11 Å². The van der Waals surface area contributed by atoms with E-state index in [9.17, 15) is 14.0 Å². The first-order valence-corrected chi connectivity index (χ1v) is 5.75. The van der Waals surface area contributed by atoms with Gasteiger partial charge in [-0.3, -0.25) is 9.59 Å². The van der Waals surface area contributed by atoms with Crippen molar-refractivity contribution in [2.24, 2.45) is 5.92 Å². The fraction of sp³-hybridized carbons (Fsp3) is 0.273. The Hall–Kier alpha value is -1.43. The largest absolute Gasteiger partial charge is 0.481 e. The van der Waals surface area contributed by atoms with E-state index < -0.39 is 17.7 Å². The van der Waals surface area contributed by atoms with Crippen molar-refractivity contribution in [1.82, 2.24) is 4.90 Å². The molecule has 1 aromatic carbocycles. The quantitative estimate of drug-likeness (QED) is 0.905. The molecule has 0 atom stereocenters. The molecule has 0 aliphatic carbocycles. The number of hydrogen-bond donors (Lipinski definition) is 1.